The van der Waals surface area contributed by atoms with Crippen LogP contribution in [-0.2, 0) is 6.42 Å². The van der Waals surface area contributed by atoms with Crippen molar-refractivity contribution < 1.29 is 9.47 Å². The molecule has 0 radical (unpaired) electrons. The molecule has 4 rings (SSSR count). The van der Waals surface area contributed by atoms with Gasteiger partial charge < -0.3 is 14.8 Å². The molecule has 0 atom stereocenters. The molecule has 2 aromatic carbocycles. The first-order valence-corrected chi connectivity index (χ1v) is 9.34. The van der Waals surface area contributed by atoms with E-state index in [0.717, 1.165) is 59.9 Å². The smallest absolute Gasteiger partial charge is 0.133 e. The van der Waals surface area contributed by atoms with Crippen molar-refractivity contribution >= 4 is 5.82 Å². The molecule has 0 aliphatic carbocycles. The summed E-state index contributed by atoms with van der Waals surface area (Å²) in [6, 6.07) is 15.6. The third kappa shape index (κ3) is 3.05. The van der Waals surface area contributed by atoms with Crippen LogP contribution >= 0.6 is 0 Å². The van der Waals surface area contributed by atoms with Crippen LogP contribution in [0.2, 0.25) is 0 Å². The fourth-order valence-electron chi connectivity index (χ4n) is 3.64. The molecule has 0 saturated heterocycles. The maximum atomic E-state index is 9.56. The van der Waals surface area contributed by atoms with E-state index in [1.165, 1.54) is 0 Å². The van der Waals surface area contributed by atoms with Gasteiger partial charge in [0.25, 0.3) is 0 Å². The summed E-state index contributed by atoms with van der Waals surface area (Å²) < 4.78 is 12.8. The van der Waals surface area contributed by atoms with Gasteiger partial charge in [-0.25, -0.2) is 4.68 Å². The number of rotatable bonds is 4. The largest absolute Gasteiger partial charge is 0.497 e. The van der Waals surface area contributed by atoms with Crippen LogP contribution in [0, 0.1) is 11.3 Å². The molecule has 0 unspecified atom stereocenters. The van der Waals surface area contributed by atoms with Crippen LogP contribution in [0.4, 0.5) is 5.82 Å². The first-order valence-electron chi connectivity index (χ1n) is 9.34. The van der Waals surface area contributed by atoms with E-state index in [0.29, 0.717) is 11.3 Å². The van der Waals surface area contributed by atoms with Gasteiger partial charge >= 0.3 is 0 Å². The summed E-state index contributed by atoms with van der Waals surface area (Å²) in [5.41, 5.74) is 4.29. The summed E-state index contributed by atoms with van der Waals surface area (Å²) in [7, 11) is 3.29. The van der Waals surface area contributed by atoms with E-state index in [-0.39, 0.29) is 0 Å². The minimum absolute atomic E-state index is 0.590. The Kier molecular flexibility index (Phi) is 4.90. The lowest BCUT2D eigenvalue weighted by Gasteiger charge is -2.10. The summed E-state index contributed by atoms with van der Waals surface area (Å²) in [4.78, 5) is 0. The zero-order valence-corrected chi connectivity index (χ0v) is 16.0. The topological polar surface area (TPSA) is 72.1 Å². The number of nitrogens with zero attached hydrogens (tertiary/aromatic N) is 3. The summed E-state index contributed by atoms with van der Waals surface area (Å²) in [6.07, 6.45) is 3.09. The summed E-state index contributed by atoms with van der Waals surface area (Å²) in [5, 5.41) is 18.0. The summed E-state index contributed by atoms with van der Waals surface area (Å²) in [6.45, 7) is 0.882. The number of methoxy groups -OCH3 is 2. The molecular weight excluding hydrogens is 352 g/mol. The second-order valence-electron chi connectivity index (χ2n) is 6.67. The minimum Gasteiger partial charge on any atom is -0.497 e. The molecule has 0 saturated carbocycles. The van der Waals surface area contributed by atoms with Crippen molar-refractivity contribution in [2.45, 2.75) is 19.3 Å². The van der Waals surface area contributed by atoms with Gasteiger partial charge in [-0.05, 0) is 43.5 Å². The molecule has 1 aliphatic rings. The van der Waals surface area contributed by atoms with Crippen LogP contribution in [-0.4, -0.2) is 30.5 Å². The molecule has 6 heteroatoms. The summed E-state index contributed by atoms with van der Waals surface area (Å²) in [5.74, 6) is 2.40. The Morgan fingerprint density at radius 2 is 1.96 bits per heavy atom. The van der Waals surface area contributed by atoms with Crippen LogP contribution in [0.25, 0.3) is 16.9 Å². The van der Waals surface area contributed by atoms with Gasteiger partial charge in [0.1, 0.15) is 29.1 Å². The van der Waals surface area contributed by atoms with Crippen LogP contribution in [0.3, 0.4) is 0 Å². The fraction of sp³-hybridized carbons (Fsp3) is 0.273. The molecule has 0 spiro atoms. The average molecular weight is 374 g/mol. The standard InChI is InChI=1S/C22H22N4O2/c1-27-16-10-11-17(20(13-16)28-2)21-18-8-5-6-12-24-22(18)26(25-21)19-9-4-3-7-15(19)14-23/h3-4,7,9-11,13,24H,5-6,8,12H2,1-2H3. The van der Waals surface area contributed by atoms with Gasteiger partial charge in [-0.3, -0.25) is 0 Å². The Labute approximate surface area is 164 Å². The molecule has 0 fully saturated rings. The predicted octanol–water partition coefficient (Wildman–Crippen LogP) is 4.18. The lowest BCUT2D eigenvalue weighted by Crippen LogP contribution is -2.08. The maximum absolute atomic E-state index is 9.56. The van der Waals surface area contributed by atoms with E-state index in [9.17, 15) is 5.26 Å². The van der Waals surface area contributed by atoms with Gasteiger partial charge in [-0.1, -0.05) is 12.1 Å². The molecule has 1 aliphatic heterocycles. The van der Waals surface area contributed by atoms with Crippen molar-refractivity contribution in [2.24, 2.45) is 0 Å². The number of fused-ring (bicyclic) bond motifs is 1. The first-order chi connectivity index (χ1) is 13.8. The molecule has 0 bridgehead atoms. The Bertz CT molecular complexity index is 1050. The van der Waals surface area contributed by atoms with Crippen molar-refractivity contribution in [3.8, 4) is 34.5 Å². The highest BCUT2D eigenvalue weighted by Crippen LogP contribution is 2.39. The normalized spacial score (nSPS) is 13.0. The van der Waals surface area contributed by atoms with E-state index < -0.39 is 0 Å². The Morgan fingerprint density at radius 1 is 1.11 bits per heavy atom. The van der Waals surface area contributed by atoms with Crippen LogP contribution < -0.4 is 14.8 Å². The number of hydrogen-bond acceptors (Lipinski definition) is 5. The third-order valence-corrected chi connectivity index (χ3v) is 5.05. The number of ether oxygens (including phenoxy) is 2. The van der Waals surface area contributed by atoms with Crippen LogP contribution in [0.1, 0.15) is 24.0 Å². The highest BCUT2D eigenvalue weighted by atomic mass is 16.5. The lowest BCUT2D eigenvalue weighted by molar-refractivity contribution is 0.395. The number of nitriles is 1. The quantitative estimate of drug-likeness (QED) is 0.742. The van der Waals surface area contributed by atoms with E-state index in [4.69, 9.17) is 14.6 Å². The number of hydrogen-bond donors (Lipinski definition) is 1. The van der Waals surface area contributed by atoms with Crippen molar-refractivity contribution in [3.05, 3.63) is 53.6 Å². The van der Waals surface area contributed by atoms with E-state index in [2.05, 4.69) is 11.4 Å². The number of benzene rings is 2. The van der Waals surface area contributed by atoms with Gasteiger partial charge in [0.2, 0.25) is 0 Å². The predicted molar refractivity (Wildman–Crippen MR) is 108 cm³/mol. The molecule has 6 nitrogen and oxygen atoms in total. The van der Waals surface area contributed by atoms with Crippen molar-refractivity contribution in [2.75, 3.05) is 26.1 Å². The second kappa shape index (κ2) is 7.65. The fourth-order valence-corrected chi connectivity index (χ4v) is 3.64. The summed E-state index contributed by atoms with van der Waals surface area (Å²) >= 11 is 0. The van der Waals surface area contributed by atoms with E-state index in [1.54, 1.807) is 14.2 Å². The van der Waals surface area contributed by atoms with Crippen molar-refractivity contribution in [1.29, 1.82) is 5.26 Å². The SMILES string of the molecule is COc1ccc(-c2nn(-c3ccccc3C#N)c3c2CCCCN3)c(OC)c1. The number of anilines is 1. The molecule has 0 amide bonds. The Balaban J connectivity index is 1.95. The zero-order chi connectivity index (χ0) is 19.5. The number of aromatic nitrogens is 2. The highest BCUT2D eigenvalue weighted by molar-refractivity contribution is 5.76. The zero-order valence-electron chi connectivity index (χ0n) is 16.0. The lowest BCUT2D eigenvalue weighted by atomic mass is 10.0. The van der Waals surface area contributed by atoms with Crippen molar-refractivity contribution in [1.82, 2.24) is 9.78 Å². The Morgan fingerprint density at radius 3 is 2.75 bits per heavy atom. The van der Waals surface area contributed by atoms with E-state index >= 15 is 0 Å². The number of nitrogens with one attached hydrogen (secondary N) is 1. The molecule has 2 heterocycles. The molecule has 1 aromatic heterocycles. The van der Waals surface area contributed by atoms with Gasteiger partial charge in [-0.15, -0.1) is 0 Å². The first kappa shape index (κ1) is 17.9. The molecule has 1 N–H and O–H groups in total. The average Bonchev–Trinajstić information content (AvgIpc) is 2.93. The molecule has 28 heavy (non-hydrogen) atoms. The van der Waals surface area contributed by atoms with Crippen LogP contribution in [0.15, 0.2) is 42.5 Å². The van der Waals surface area contributed by atoms with Gasteiger partial charge in [0.05, 0.1) is 25.5 Å². The molecule has 3 aromatic rings. The monoisotopic (exact) mass is 374 g/mol. The van der Waals surface area contributed by atoms with E-state index in [1.807, 2.05) is 47.1 Å². The minimum atomic E-state index is 0.590. The molecule has 142 valence electrons. The van der Waals surface area contributed by atoms with Crippen molar-refractivity contribution in [3.63, 3.8) is 0 Å². The second-order valence-corrected chi connectivity index (χ2v) is 6.67. The molecular formula is C22H22N4O2. The van der Waals surface area contributed by atoms with Gasteiger partial charge in [0, 0.05) is 23.7 Å². The number of para-hydroxylation sites is 1. The Hall–Kier alpha value is -3.46. The maximum Gasteiger partial charge on any atom is 0.133 e. The third-order valence-electron chi connectivity index (χ3n) is 5.05. The van der Waals surface area contributed by atoms with Gasteiger partial charge in [-0.2, -0.15) is 10.4 Å². The highest BCUT2D eigenvalue weighted by Gasteiger charge is 2.24. The van der Waals surface area contributed by atoms with Crippen LogP contribution in [0.5, 0.6) is 11.5 Å². The van der Waals surface area contributed by atoms with Gasteiger partial charge in [0.15, 0.2) is 0 Å².